The molecule has 1 aromatic carbocycles. The third-order valence-electron chi connectivity index (χ3n) is 2.13. The van der Waals surface area contributed by atoms with Crippen LogP contribution in [0.5, 0.6) is 0 Å². The zero-order valence-electron chi connectivity index (χ0n) is 7.70. The van der Waals surface area contributed by atoms with Crippen LogP contribution in [0.1, 0.15) is 5.56 Å². The van der Waals surface area contributed by atoms with Gasteiger partial charge >= 0.3 is 0 Å². The molecule has 2 amide bonds. The van der Waals surface area contributed by atoms with Crippen LogP contribution in [0.2, 0.25) is 0 Å². The van der Waals surface area contributed by atoms with E-state index in [-0.39, 0.29) is 23.4 Å². The second kappa shape index (κ2) is 4.02. The Bertz CT molecular complexity index is 422. The van der Waals surface area contributed by atoms with Crippen molar-refractivity contribution < 1.29 is 14.0 Å². The van der Waals surface area contributed by atoms with Crippen molar-refractivity contribution in [1.82, 2.24) is 5.32 Å². The number of amides is 2. The topological polar surface area (TPSA) is 46.2 Å². The third kappa shape index (κ3) is 2.18. The van der Waals surface area contributed by atoms with Crippen molar-refractivity contribution in [3.05, 3.63) is 35.6 Å². The average Bonchev–Trinajstić information content (AvgIpc) is 2.49. The molecule has 1 fully saturated rings. The summed E-state index contributed by atoms with van der Waals surface area (Å²) in [6.07, 6.45) is 0.245. The molecule has 0 saturated carbocycles. The lowest BCUT2D eigenvalue weighted by Gasteiger charge is -2.05. The summed E-state index contributed by atoms with van der Waals surface area (Å²) in [7, 11) is 0. The number of halogens is 1. The standard InChI is InChI=1S/C10H8FNO2S/c11-7-4-2-1-3-6(7)5-8-9(13)12-10(14)15-8/h1-4,8H,5H2,(H,12,13,14)/t8-/m0/s1. The van der Waals surface area contributed by atoms with Crippen molar-refractivity contribution in [3.63, 3.8) is 0 Å². The Morgan fingerprint density at radius 3 is 2.67 bits per heavy atom. The zero-order valence-corrected chi connectivity index (χ0v) is 8.51. The van der Waals surface area contributed by atoms with Crippen LogP contribution in [0.4, 0.5) is 9.18 Å². The lowest BCUT2D eigenvalue weighted by molar-refractivity contribution is -0.118. The van der Waals surface area contributed by atoms with Crippen molar-refractivity contribution in [1.29, 1.82) is 0 Å². The summed E-state index contributed by atoms with van der Waals surface area (Å²) in [6.45, 7) is 0. The Labute approximate surface area is 90.0 Å². The van der Waals surface area contributed by atoms with Crippen LogP contribution in [0.3, 0.4) is 0 Å². The van der Waals surface area contributed by atoms with Crippen molar-refractivity contribution >= 4 is 22.9 Å². The summed E-state index contributed by atoms with van der Waals surface area (Å²) in [5, 5.41) is 1.30. The van der Waals surface area contributed by atoms with Crippen molar-refractivity contribution in [3.8, 4) is 0 Å². The number of carbonyl (C=O) groups is 2. The lowest BCUT2D eigenvalue weighted by Crippen LogP contribution is -2.25. The SMILES string of the molecule is O=C1NC(=O)[C@H](Cc2ccccc2F)S1. The maximum atomic E-state index is 13.2. The number of carbonyl (C=O) groups excluding carboxylic acids is 2. The molecule has 1 aromatic rings. The van der Waals surface area contributed by atoms with E-state index in [2.05, 4.69) is 5.32 Å². The molecule has 78 valence electrons. The number of thioether (sulfide) groups is 1. The second-order valence-corrected chi connectivity index (χ2v) is 4.35. The van der Waals surface area contributed by atoms with Crippen LogP contribution in [0, 0.1) is 5.82 Å². The summed E-state index contributed by atoms with van der Waals surface area (Å²) >= 11 is 0.911. The first-order chi connectivity index (χ1) is 7.16. The highest BCUT2D eigenvalue weighted by atomic mass is 32.2. The summed E-state index contributed by atoms with van der Waals surface area (Å²) in [6, 6.07) is 6.25. The molecule has 0 spiro atoms. The Balaban J connectivity index is 2.13. The van der Waals surface area contributed by atoms with Crippen LogP contribution in [-0.4, -0.2) is 16.4 Å². The minimum absolute atomic E-state index is 0.245. The summed E-state index contributed by atoms with van der Waals surface area (Å²) in [5.74, 6) is -0.682. The van der Waals surface area contributed by atoms with Gasteiger partial charge in [-0.3, -0.25) is 14.9 Å². The number of hydrogen-bond donors (Lipinski definition) is 1. The highest BCUT2D eigenvalue weighted by Crippen LogP contribution is 2.23. The van der Waals surface area contributed by atoms with Gasteiger partial charge in [-0.1, -0.05) is 30.0 Å². The first-order valence-corrected chi connectivity index (χ1v) is 5.29. The molecule has 1 heterocycles. The molecule has 3 nitrogen and oxygen atoms in total. The van der Waals surface area contributed by atoms with E-state index in [1.165, 1.54) is 6.07 Å². The summed E-state index contributed by atoms with van der Waals surface area (Å²) < 4.78 is 13.2. The largest absolute Gasteiger partial charge is 0.286 e. The molecule has 2 rings (SSSR count). The fourth-order valence-electron chi connectivity index (χ4n) is 1.39. The fourth-order valence-corrected chi connectivity index (χ4v) is 2.24. The van der Waals surface area contributed by atoms with E-state index < -0.39 is 5.25 Å². The van der Waals surface area contributed by atoms with Gasteiger partial charge in [-0.2, -0.15) is 0 Å². The molecule has 15 heavy (non-hydrogen) atoms. The first kappa shape index (κ1) is 10.2. The van der Waals surface area contributed by atoms with E-state index in [1.54, 1.807) is 18.2 Å². The first-order valence-electron chi connectivity index (χ1n) is 4.41. The second-order valence-electron chi connectivity index (χ2n) is 3.18. The normalized spacial score (nSPS) is 20.5. The van der Waals surface area contributed by atoms with E-state index >= 15 is 0 Å². The predicted molar refractivity (Wildman–Crippen MR) is 55.0 cm³/mol. The molecule has 0 aliphatic carbocycles. The number of benzene rings is 1. The van der Waals surface area contributed by atoms with Gasteiger partial charge in [-0.05, 0) is 18.1 Å². The highest BCUT2D eigenvalue weighted by Gasteiger charge is 2.31. The Morgan fingerprint density at radius 2 is 2.07 bits per heavy atom. The van der Waals surface area contributed by atoms with Gasteiger partial charge in [0.15, 0.2) is 0 Å². The third-order valence-corrected chi connectivity index (χ3v) is 3.11. The molecule has 1 aliphatic rings. The van der Waals surface area contributed by atoms with Gasteiger partial charge in [-0.25, -0.2) is 4.39 Å². The van der Waals surface area contributed by atoms with E-state index in [0.717, 1.165) is 11.8 Å². The quantitative estimate of drug-likeness (QED) is 0.833. The van der Waals surface area contributed by atoms with Crippen molar-refractivity contribution in [2.24, 2.45) is 0 Å². The monoisotopic (exact) mass is 225 g/mol. The van der Waals surface area contributed by atoms with Gasteiger partial charge in [0.05, 0.1) is 5.25 Å². The number of nitrogens with one attached hydrogen (secondary N) is 1. The van der Waals surface area contributed by atoms with Gasteiger partial charge in [0.25, 0.3) is 5.24 Å². The Kier molecular flexibility index (Phi) is 2.73. The molecule has 5 heteroatoms. The van der Waals surface area contributed by atoms with Crippen molar-refractivity contribution in [2.45, 2.75) is 11.7 Å². The average molecular weight is 225 g/mol. The van der Waals surface area contributed by atoms with E-state index in [1.807, 2.05) is 0 Å². The van der Waals surface area contributed by atoms with E-state index in [9.17, 15) is 14.0 Å². The van der Waals surface area contributed by atoms with Crippen LogP contribution < -0.4 is 5.32 Å². The van der Waals surface area contributed by atoms with Gasteiger partial charge in [-0.15, -0.1) is 0 Å². The van der Waals surface area contributed by atoms with Crippen molar-refractivity contribution in [2.75, 3.05) is 0 Å². The van der Waals surface area contributed by atoms with Crippen LogP contribution in [-0.2, 0) is 11.2 Å². The summed E-state index contributed by atoms with van der Waals surface area (Å²) in [5.41, 5.74) is 0.458. The summed E-state index contributed by atoms with van der Waals surface area (Å²) in [4.78, 5) is 22.1. The lowest BCUT2D eigenvalue weighted by atomic mass is 10.1. The Hall–Kier alpha value is -1.36. The highest BCUT2D eigenvalue weighted by molar-refractivity contribution is 8.15. The zero-order chi connectivity index (χ0) is 10.8. The van der Waals surface area contributed by atoms with Gasteiger partial charge in [0.1, 0.15) is 5.82 Å². The minimum atomic E-state index is -0.505. The molecule has 1 aliphatic heterocycles. The number of imide groups is 1. The number of rotatable bonds is 2. The van der Waals surface area contributed by atoms with Gasteiger partial charge in [0, 0.05) is 0 Å². The molecular formula is C10H8FNO2S. The van der Waals surface area contributed by atoms with Gasteiger partial charge < -0.3 is 0 Å². The maximum absolute atomic E-state index is 13.2. The van der Waals surface area contributed by atoms with Crippen LogP contribution >= 0.6 is 11.8 Å². The molecule has 1 N–H and O–H groups in total. The van der Waals surface area contributed by atoms with Crippen LogP contribution in [0.25, 0.3) is 0 Å². The minimum Gasteiger partial charge on any atom is -0.286 e. The fraction of sp³-hybridized carbons (Fsp3) is 0.200. The predicted octanol–water partition coefficient (Wildman–Crippen LogP) is 1.72. The van der Waals surface area contributed by atoms with E-state index in [0.29, 0.717) is 5.56 Å². The maximum Gasteiger partial charge on any atom is 0.286 e. The molecular weight excluding hydrogens is 217 g/mol. The van der Waals surface area contributed by atoms with E-state index in [4.69, 9.17) is 0 Å². The van der Waals surface area contributed by atoms with Crippen LogP contribution in [0.15, 0.2) is 24.3 Å². The number of hydrogen-bond acceptors (Lipinski definition) is 3. The van der Waals surface area contributed by atoms with Gasteiger partial charge in [0.2, 0.25) is 5.91 Å². The molecule has 0 unspecified atom stereocenters. The molecule has 0 aromatic heterocycles. The molecule has 0 bridgehead atoms. The molecule has 1 atom stereocenters. The molecule has 1 saturated heterocycles. The smallest absolute Gasteiger partial charge is 0.286 e. The molecule has 0 radical (unpaired) electrons. The Morgan fingerprint density at radius 1 is 1.33 bits per heavy atom.